The molecule has 37 heavy (non-hydrogen) atoms. The fourth-order valence-corrected chi connectivity index (χ4v) is 3.36. The number of aromatic nitrogens is 5. The third-order valence-corrected chi connectivity index (χ3v) is 5.21. The fourth-order valence-electron chi connectivity index (χ4n) is 3.36. The highest BCUT2D eigenvalue weighted by atomic mass is 19.4. The number of nitrogens with two attached hydrogens (primary N) is 1. The molecule has 4 N–H and O–H groups in total. The average molecular weight is 507 g/mol. The van der Waals surface area contributed by atoms with Crippen LogP contribution in [-0.4, -0.2) is 30.9 Å². The van der Waals surface area contributed by atoms with E-state index in [1.807, 2.05) is 0 Å². The van der Waals surface area contributed by atoms with Crippen LogP contribution in [0.4, 0.5) is 19.0 Å². The lowest BCUT2D eigenvalue weighted by Gasteiger charge is -2.10. The van der Waals surface area contributed by atoms with Gasteiger partial charge in [-0.25, -0.2) is 4.68 Å². The molecule has 4 aromatic rings. The van der Waals surface area contributed by atoms with Gasteiger partial charge in [0.1, 0.15) is 0 Å². The summed E-state index contributed by atoms with van der Waals surface area (Å²) in [7, 11) is 0. The Morgan fingerprint density at radius 2 is 1.89 bits per heavy atom. The molecule has 0 radical (unpaired) electrons. The first-order valence-corrected chi connectivity index (χ1v) is 10.8. The smallest absolute Gasteiger partial charge is 0.405 e. The Hall–Kier alpha value is -5.00. The summed E-state index contributed by atoms with van der Waals surface area (Å²) in [4.78, 5) is 26.6. The lowest BCUT2D eigenvalue weighted by Crippen LogP contribution is -2.16. The van der Waals surface area contributed by atoms with Gasteiger partial charge in [0.2, 0.25) is 5.56 Å². The van der Waals surface area contributed by atoms with E-state index in [-0.39, 0.29) is 22.9 Å². The van der Waals surface area contributed by atoms with Crippen LogP contribution in [-0.2, 0) is 6.18 Å². The largest absolute Gasteiger partial charge is 0.433 e. The number of benzene rings is 1. The quantitative estimate of drug-likeness (QED) is 0.336. The molecule has 0 spiro atoms. The van der Waals surface area contributed by atoms with E-state index in [0.717, 1.165) is 6.07 Å². The highest BCUT2D eigenvalue weighted by Crippen LogP contribution is 2.32. The van der Waals surface area contributed by atoms with Gasteiger partial charge in [-0.05, 0) is 72.3 Å². The summed E-state index contributed by atoms with van der Waals surface area (Å²) in [5.41, 5.74) is 6.28. The summed E-state index contributed by atoms with van der Waals surface area (Å²) in [5.74, 6) is -0.647. The van der Waals surface area contributed by atoms with Gasteiger partial charge in [-0.1, -0.05) is 18.2 Å². The molecule has 1 aromatic carbocycles. The molecular weight excluding hydrogens is 487 g/mol. The number of carbonyl (C=O) groups is 1. The Labute approximate surface area is 208 Å². The van der Waals surface area contributed by atoms with E-state index in [2.05, 4.69) is 25.6 Å². The molecule has 12 heteroatoms. The minimum Gasteiger partial charge on any atom is -0.405 e. The molecule has 0 unspecified atom stereocenters. The first-order valence-electron chi connectivity index (χ1n) is 10.8. The van der Waals surface area contributed by atoms with Gasteiger partial charge in [0.05, 0.1) is 5.69 Å². The van der Waals surface area contributed by atoms with E-state index in [9.17, 15) is 22.8 Å². The van der Waals surface area contributed by atoms with Gasteiger partial charge in [-0.3, -0.25) is 9.59 Å². The van der Waals surface area contributed by atoms with Crippen molar-refractivity contribution in [1.29, 1.82) is 0 Å². The molecule has 0 fully saturated rings. The predicted molar refractivity (Wildman–Crippen MR) is 132 cm³/mol. The van der Waals surface area contributed by atoms with Crippen LogP contribution in [0.15, 0.2) is 83.9 Å². The first-order chi connectivity index (χ1) is 17.7. The Balaban J connectivity index is 1.57. The predicted octanol–water partition coefficient (Wildman–Crippen LogP) is 4.16. The van der Waals surface area contributed by atoms with Crippen LogP contribution in [0.2, 0.25) is 0 Å². The number of nitrogens with one attached hydrogen (secondary N) is 2. The standard InChI is InChI=1S/C25H20F3N7O2/c1-15(4-3-11-29)19-13-20(25(26,27)28)35(34-19)22-9-8-21(32-33-22)31-24(37)17-6-2-5-16(12-17)18-7-10-23(36)30-14-18/h2-14H,29H2,1H3,(H,30,36)(H,31,32,37)/b11-3-,15-4+. The molecule has 0 atom stereocenters. The number of halogens is 3. The van der Waals surface area contributed by atoms with E-state index >= 15 is 0 Å². The molecule has 188 valence electrons. The van der Waals surface area contributed by atoms with Crippen molar-refractivity contribution in [3.05, 3.63) is 106 Å². The third kappa shape index (κ3) is 5.81. The number of hydrogen-bond acceptors (Lipinski definition) is 6. The minimum absolute atomic E-state index is 0.0355. The lowest BCUT2D eigenvalue weighted by atomic mass is 10.0. The third-order valence-electron chi connectivity index (χ3n) is 5.21. The average Bonchev–Trinajstić information content (AvgIpc) is 3.35. The van der Waals surface area contributed by atoms with Crippen LogP contribution in [0.5, 0.6) is 0 Å². The second-order valence-corrected chi connectivity index (χ2v) is 7.81. The second kappa shape index (κ2) is 10.3. The van der Waals surface area contributed by atoms with Crippen LogP contribution < -0.4 is 16.6 Å². The van der Waals surface area contributed by atoms with Crippen molar-refractivity contribution in [2.45, 2.75) is 13.1 Å². The van der Waals surface area contributed by atoms with E-state index in [1.54, 1.807) is 37.3 Å². The maximum absolute atomic E-state index is 13.6. The minimum atomic E-state index is -4.69. The molecule has 0 saturated carbocycles. The molecule has 0 aliphatic rings. The zero-order chi connectivity index (χ0) is 26.6. The van der Waals surface area contributed by atoms with Crippen LogP contribution in [0.25, 0.3) is 22.5 Å². The highest BCUT2D eigenvalue weighted by Gasteiger charge is 2.37. The summed E-state index contributed by atoms with van der Waals surface area (Å²) < 4.78 is 41.6. The van der Waals surface area contributed by atoms with Gasteiger partial charge >= 0.3 is 6.18 Å². The Kier molecular flexibility index (Phi) is 7.00. The SMILES string of the molecule is C/C(=C\C=C/N)c1cc(C(F)(F)F)n(-c2ccc(NC(=O)c3cccc(-c4ccc(=O)[nH]c4)c3)nn2)n1. The van der Waals surface area contributed by atoms with Crippen molar-refractivity contribution in [2.24, 2.45) is 5.73 Å². The molecule has 1 amide bonds. The normalized spacial score (nSPS) is 12.2. The van der Waals surface area contributed by atoms with Gasteiger partial charge < -0.3 is 16.0 Å². The number of aromatic amines is 1. The number of rotatable bonds is 6. The zero-order valence-corrected chi connectivity index (χ0v) is 19.3. The number of nitrogens with zero attached hydrogens (tertiary/aromatic N) is 4. The van der Waals surface area contributed by atoms with Crippen molar-refractivity contribution < 1.29 is 18.0 Å². The summed E-state index contributed by atoms with van der Waals surface area (Å²) in [6.07, 6.45) is 1.11. The van der Waals surface area contributed by atoms with Crippen LogP contribution in [0.3, 0.4) is 0 Å². The number of carbonyl (C=O) groups excluding carboxylic acids is 1. The van der Waals surface area contributed by atoms with Crippen molar-refractivity contribution in [3.8, 4) is 16.9 Å². The fraction of sp³-hybridized carbons (Fsp3) is 0.0800. The van der Waals surface area contributed by atoms with Crippen LogP contribution >= 0.6 is 0 Å². The maximum Gasteiger partial charge on any atom is 0.433 e. The maximum atomic E-state index is 13.6. The Morgan fingerprint density at radius 1 is 1.08 bits per heavy atom. The van der Waals surface area contributed by atoms with Gasteiger partial charge in [0.25, 0.3) is 5.91 Å². The van der Waals surface area contributed by atoms with Crippen molar-refractivity contribution in [2.75, 3.05) is 5.32 Å². The van der Waals surface area contributed by atoms with Crippen molar-refractivity contribution in [1.82, 2.24) is 25.0 Å². The van der Waals surface area contributed by atoms with Gasteiger partial charge in [0, 0.05) is 17.8 Å². The lowest BCUT2D eigenvalue weighted by molar-refractivity contribution is -0.142. The Bertz CT molecular complexity index is 1530. The first kappa shape index (κ1) is 25.1. The molecule has 3 aromatic heterocycles. The van der Waals surface area contributed by atoms with E-state index < -0.39 is 17.8 Å². The molecular formula is C25H20F3N7O2. The van der Waals surface area contributed by atoms with Gasteiger partial charge in [-0.15, -0.1) is 10.2 Å². The molecule has 0 aliphatic carbocycles. The summed E-state index contributed by atoms with van der Waals surface area (Å²) in [5, 5.41) is 14.3. The monoisotopic (exact) mass is 507 g/mol. The molecule has 0 aliphatic heterocycles. The number of H-pyrrole nitrogens is 1. The molecule has 0 bridgehead atoms. The van der Waals surface area contributed by atoms with E-state index in [0.29, 0.717) is 26.9 Å². The molecule has 4 rings (SSSR count). The summed E-state index contributed by atoms with van der Waals surface area (Å²) in [6, 6.07) is 13.2. The number of allylic oxidation sites excluding steroid dienone is 3. The summed E-state index contributed by atoms with van der Waals surface area (Å²) >= 11 is 0. The summed E-state index contributed by atoms with van der Waals surface area (Å²) in [6.45, 7) is 1.60. The highest BCUT2D eigenvalue weighted by molar-refractivity contribution is 6.04. The van der Waals surface area contributed by atoms with Gasteiger partial charge in [0.15, 0.2) is 17.3 Å². The zero-order valence-electron chi connectivity index (χ0n) is 19.3. The van der Waals surface area contributed by atoms with E-state index in [4.69, 9.17) is 5.73 Å². The van der Waals surface area contributed by atoms with Crippen LogP contribution in [0, 0.1) is 0 Å². The van der Waals surface area contributed by atoms with Crippen LogP contribution in [0.1, 0.15) is 28.7 Å². The van der Waals surface area contributed by atoms with Crippen molar-refractivity contribution >= 4 is 17.3 Å². The number of pyridine rings is 1. The second-order valence-electron chi connectivity index (χ2n) is 7.81. The van der Waals surface area contributed by atoms with Crippen molar-refractivity contribution in [3.63, 3.8) is 0 Å². The number of anilines is 1. The molecule has 3 heterocycles. The number of alkyl halides is 3. The molecule has 9 nitrogen and oxygen atoms in total. The molecule has 0 saturated heterocycles. The topological polar surface area (TPSA) is 132 Å². The van der Waals surface area contributed by atoms with Gasteiger partial charge in [-0.2, -0.15) is 18.3 Å². The number of amides is 1. The number of hydrogen-bond donors (Lipinski definition) is 3. The van der Waals surface area contributed by atoms with E-state index in [1.165, 1.54) is 42.7 Å². The Morgan fingerprint density at radius 3 is 2.54 bits per heavy atom.